The largest absolute Gasteiger partial charge is 0.0616 e. The molecule has 0 N–H and O–H groups in total. The molecule has 0 aliphatic rings. The van der Waals surface area contributed by atoms with E-state index in [-0.39, 0.29) is 10.8 Å². The minimum absolute atomic E-state index is 0.0166. The van der Waals surface area contributed by atoms with Crippen LogP contribution in [0.15, 0.2) is 66.7 Å². The van der Waals surface area contributed by atoms with Gasteiger partial charge in [-0.2, -0.15) is 0 Å². The zero-order chi connectivity index (χ0) is 16.7. The van der Waals surface area contributed by atoms with Crippen molar-refractivity contribution in [2.45, 2.75) is 45.4 Å². The first kappa shape index (κ1) is 15.8. The molecule has 0 fully saturated rings. The maximum Gasteiger partial charge on any atom is 0.0152 e. The molecule has 0 heterocycles. The van der Waals surface area contributed by atoms with E-state index in [1.54, 1.807) is 0 Å². The maximum atomic E-state index is 2.32. The molecule has 3 rings (SSSR count). The van der Waals surface area contributed by atoms with Gasteiger partial charge in [-0.15, -0.1) is 0 Å². The molecule has 23 heavy (non-hydrogen) atoms. The van der Waals surface area contributed by atoms with Crippen LogP contribution in [0.1, 0.15) is 51.3 Å². The summed E-state index contributed by atoms with van der Waals surface area (Å²) in [5.74, 6) is 0. The van der Waals surface area contributed by atoms with Gasteiger partial charge in [-0.25, -0.2) is 0 Å². The van der Waals surface area contributed by atoms with Crippen LogP contribution in [0.3, 0.4) is 0 Å². The average Bonchev–Trinajstić information content (AvgIpc) is 2.53. The number of hydrogen-bond acceptors (Lipinski definition) is 0. The summed E-state index contributed by atoms with van der Waals surface area (Å²) in [4.78, 5) is 0. The molecule has 0 bridgehead atoms. The molecule has 0 unspecified atom stereocenters. The van der Waals surface area contributed by atoms with Crippen LogP contribution in [0, 0.1) is 0 Å². The Balaban J connectivity index is 2.10. The second-order valence-corrected chi connectivity index (χ2v) is 7.98. The molecule has 0 amide bonds. The Morgan fingerprint density at radius 2 is 1.13 bits per heavy atom. The Kier molecular flexibility index (Phi) is 3.80. The number of benzene rings is 3. The van der Waals surface area contributed by atoms with Crippen molar-refractivity contribution in [3.05, 3.63) is 83.4 Å². The molecule has 0 aliphatic heterocycles. The topological polar surface area (TPSA) is 0 Å². The van der Waals surface area contributed by atoms with Gasteiger partial charge in [-0.3, -0.25) is 0 Å². The van der Waals surface area contributed by atoms with Crippen LogP contribution in [0.2, 0.25) is 0 Å². The first-order valence-electron chi connectivity index (χ1n) is 8.39. The van der Waals surface area contributed by atoms with Crippen LogP contribution < -0.4 is 0 Å². The van der Waals surface area contributed by atoms with E-state index >= 15 is 0 Å². The second-order valence-electron chi connectivity index (χ2n) is 7.98. The Bertz CT molecular complexity index is 809. The Morgan fingerprint density at radius 3 is 1.78 bits per heavy atom. The molecule has 3 aromatic rings. The fourth-order valence-electron chi connectivity index (χ4n) is 3.31. The molecular formula is C23H26. The van der Waals surface area contributed by atoms with Crippen molar-refractivity contribution in [2.75, 3.05) is 0 Å². The predicted molar refractivity (Wildman–Crippen MR) is 101 cm³/mol. The van der Waals surface area contributed by atoms with Crippen molar-refractivity contribution >= 4 is 10.8 Å². The van der Waals surface area contributed by atoms with Crippen molar-refractivity contribution in [3.63, 3.8) is 0 Å². The van der Waals surface area contributed by atoms with Crippen LogP contribution in [0.5, 0.6) is 0 Å². The summed E-state index contributed by atoms with van der Waals surface area (Å²) in [6.07, 6.45) is 0. The third-order valence-electron chi connectivity index (χ3n) is 4.94. The summed E-state index contributed by atoms with van der Waals surface area (Å²) in [5, 5.41) is 2.66. The fraction of sp³-hybridized carbons (Fsp3) is 0.304. The molecule has 0 spiro atoms. The second kappa shape index (κ2) is 5.53. The molecule has 0 saturated heterocycles. The van der Waals surface area contributed by atoms with Gasteiger partial charge in [-0.05, 0) is 32.9 Å². The smallest absolute Gasteiger partial charge is 0.0152 e. The zero-order valence-electron chi connectivity index (χ0n) is 14.9. The van der Waals surface area contributed by atoms with Crippen molar-refractivity contribution in [3.8, 4) is 0 Å². The minimum atomic E-state index is -0.0166. The van der Waals surface area contributed by atoms with Gasteiger partial charge in [0.15, 0.2) is 0 Å². The maximum absolute atomic E-state index is 2.32. The fourth-order valence-corrected chi connectivity index (χ4v) is 3.31. The lowest BCUT2D eigenvalue weighted by atomic mass is 9.75. The molecule has 0 saturated carbocycles. The predicted octanol–water partition coefficient (Wildman–Crippen LogP) is 6.46. The van der Waals surface area contributed by atoms with Crippen LogP contribution in [0.4, 0.5) is 0 Å². The molecule has 0 atom stereocenters. The average molecular weight is 302 g/mol. The standard InChI is InChI=1S/C23H26/c1-22(2,3)18-13-15-19(16-14-18)23(4,5)21-12-8-10-17-9-6-7-11-20(17)21/h6-16H,1-5H3. The number of hydrogen-bond donors (Lipinski definition) is 0. The summed E-state index contributed by atoms with van der Waals surface area (Å²) < 4.78 is 0. The van der Waals surface area contributed by atoms with Crippen LogP contribution in [-0.4, -0.2) is 0 Å². The van der Waals surface area contributed by atoms with Crippen LogP contribution in [0.25, 0.3) is 10.8 Å². The molecule has 0 nitrogen and oxygen atoms in total. The summed E-state index contributed by atoms with van der Waals surface area (Å²) in [6.45, 7) is 11.4. The highest BCUT2D eigenvalue weighted by Gasteiger charge is 2.25. The third-order valence-corrected chi connectivity index (χ3v) is 4.94. The van der Waals surface area contributed by atoms with Gasteiger partial charge in [-0.1, -0.05) is 101 Å². The van der Waals surface area contributed by atoms with E-state index in [9.17, 15) is 0 Å². The quantitative estimate of drug-likeness (QED) is 0.509. The number of fused-ring (bicyclic) bond motifs is 1. The van der Waals surface area contributed by atoms with Gasteiger partial charge in [0, 0.05) is 5.41 Å². The highest BCUT2D eigenvalue weighted by molar-refractivity contribution is 5.87. The lowest BCUT2D eigenvalue weighted by molar-refractivity contribution is 0.587. The van der Waals surface area contributed by atoms with Crippen molar-refractivity contribution in [1.29, 1.82) is 0 Å². The van der Waals surface area contributed by atoms with E-state index in [1.807, 2.05) is 0 Å². The van der Waals surface area contributed by atoms with Crippen molar-refractivity contribution in [2.24, 2.45) is 0 Å². The lowest BCUT2D eigenvalue weighted by Gasteiger charge is -2.29. The molecule has 3 aromatic carbocycles. The lowest BCUT2D eigenvalue weighted by Crippen LogP contribution is -2.20. The molecule has 0 aliphatic carbocycles. The highest BCUT2D eigenvalue weighted by Crippen LogP contribution is 2.36. The SMILES string of the molecule is CC(C)(C)c1ccc(C(C)(C)c2cccc3ccccc23)cc1. The summed E-state index contributed by atoms with van der Waals surface area (Å²) in [5.41, 5.74) is 4.32. The van der Waals surface area contributed by atoms with E-state index in [0.29, 0.717) is 0 Å². The van der Waals surface area contributed by atoms with Gasteiger partial charge in [0.25, 0.3) is 0 Å². The Morgan fingerprint density at radius 1 is 0.565 bits per heavy atom. The summed E-state index contributed by atoms with van der Waals surface area (Å²) in [7, 11) is 0. The monoisotopic (exact) mass is 302 g/mol. The Hall–Kier alpha value is -2.08. The third kappa shape index (κ3) is 2.91. The molecule has 118 valence electrons. The molecule has 0 aromatic heterocycles. The van der Waals surface area contributed by atoms with E-state index in [2.05, 4.69) is 101 Å². The van der Waals surface area contributed by atoms with Gasteiger partial charge in [0.2, 0.25) is 0 Å². The normalized spacial score (nSPS) is 12.6. The number of rotatable bonds is 2. The van der Waals surface area contributed by atoms with E-state index in [0.717, 1.165) is 0 Å². The molecule has 0 radical (unpaired) electrons. The molecule has 0 heteroatoms. The Labute approximate surface area is 140 Å². The highest BCUT2D eigenvalue weighted by atomic mass is 14.3. The zero-order valence-corrected chi connectivity index (χ0v) is 14.9. The first-order chi connectivity index (χ1) is 10.8. The van der Waals surface area contributed by atoms with Crippen LogP contribution >= 0.6 is 0 Å². The molecular weight excluding hydrogens is 276 g/mol. The van der Waals surface area contributed by atoms with E-state index < -0.39 is 0 Å². The van der Waals surface area contributed by atoms with Gasteiger partial charge < -0.3 is 0 Å². The van der Waals surface area contributed by atoms with E-state index in [1.165, 1.54) is 27.5 Å². The van der Waals surface area contributed by atoms with Gasteiger partial charge in [0.1, 0.15) is 0 Å². The van der Waals surface area contributed by atoms with Crippen molar-refractivity contribution < 1.29 is 0 Å². The minimum Gasteiger partial charge on any atom is -0.0616 e. The van der Waals surface area contributed by atoms with E-state index in [4.69, 9.17) is 0 Å². The summed E-state index contributed by atoms with van der Waals surface area (Å²) in [6, 6.07) is 24.4. The van der Waals surface area contributed by atoms with Gasteiger partial charge >= 0.3 is 0 Å². The first-order valence-corrected chi connectivity index (χ1v) is 8.39. The van der Waals surface area contributed by atoms with Gasteiger partial charge in [0.05, 0.1) is 0 Å². The summed E-state index contributed by atoms with van der Waals surface area (Å²) >= 11 is 0. The van der Waals surface area contributed by atoms with Crippen molar-refractivity contribution in [1.82, 2.24) is 0 Å². The van der Waals surface area contributed by atoms with Crippen LogP contribution in [-0.2, 0) is 10.8 Å².